The van der Waals surface area contributed by atoms with Crippen LogP contribution in [0.25, 0.3) is 0 Å². The lowest BCUT2D eigenvalue weighted by molar-refractivity contribution is -0.160. The van der Waals surface area contributed by atoms with Gasteiger partial charge in [0.2, 0.25) is 0 Å². The summed E-state index contributed by atoms with van der Waals surface area (Å²) < 4.78 is 44.1. The molecule has 9 heteroatoms. The minimum atomic E-state index is -0.824. The first-order valence-corrected chi connectivity index (χ1v) is 11.6. The molecule has 4 atom stereocenters. The molecule has 0 saturated carbocycles. The van der Waals surface area contributed by atoms with Gasteiger partial charge in [0.05, 0.1) is 13.0 Å². The summed E-state index contributed by atoms with van der Waals surface area (Å²) >= 11 is 0. The Labute approximate surface area is 204 Å². The molecule has 1 aromatic heterocycles. The fourth-order valence-electron chi connectivity index (χ4n) is 3.73. The first-order valence-electron chi connectivity index (χ1n) is 11.6. The molecular formula is C26H33F2NO6. The predicted molar refractivity (Wildman–Crippen MR) is 126 cm³/mol. The van der Waals surface area contributed by atoms with Crippen LogP contribution in [0, 0.1) is 29.4 Å². The highest BCUT2D eigenvalue weighted by atomic mass is 19.1. The van der Waals surface area contributed by atoms with Crippen molar-refractivity contribution in [2.24, 2.45) is 17.8 Å². The lowest BCUT2D eigenvalue weighted by Crippen LogP contribution is -2.40. The van der Waals surface area contributed by atoms with E-state index < -0.39 is 47.3 Å². The summed E-state index contributed by atoms with van der Waals surface area (Å²) in [6.07, 6.45) is 0.0980. The number of hydrogen-bond donors (Lipinski definition) is 1. The third-order valence-corrected chi connectivity index (χ3v) is 5.99. The van der Waals surface area contributed by atoms with Gasteiger partial charge in [0.15, 0.2) is 34.5 Å². The Morgan fingerprint density at radius 2 is 1.77 bits per heavy atom. The second-order valence-electron chi connectivity index (χ2n) is 8.87. The molecule has 0 amide bonds. The van der Waals surface area contributed by atoms with Crippen molar-refractivity contribution in [3.8, 4) is 17.2 Å². The van der Waals surface area contributed by atoms with E-state index in [0.29, 0.717) is 6.42 Å². The number of hydrogen-bond acceptors (Lipinski definition) is 7. The molecule has 0 aliphatic rings. The number of ether oxygens (including phenoxy) is 3. The Hall–Kier alpha value is -3.23. The van der Waals surface area contributed by atoms with Gasteiger partial charge in [-0.2, -0.15) is 0 Å². The largest absolute Gasteiger partial charge is 0.503 e. The van der Waals surface area contributed by atoms with E-state index in [1.807, 2.05) is 13.8 Å². The van der Waals surface area contributed by atoms with E-state index in [2.05, 4.69) is 4.98 Å². The summed E-state index contributed by atoms with van der Waals surface area (Å²) in [6.45, 7) is 8.91. The topological polar surface area (TPSA) is 95.0 Å². The number of aromatic nitrogens is 1. The number of aromatic hydroxyl groups is 1. The maximum absolute atomic E-state index is 14.1. The summed E-state index contributed by atoms with van der Waals surface area (Å²) in [5.74, 6) is -4.36. The van der Waals surface area contributed by atoms with Crippen LogP contribution in [-0.4, -0.2) is 41.2 Å². The Balaban J connectivity index is 2.21. The van der Waals surface area contributed by atoms with E-state index in [-0.39, 0.29) is 35.4 Å². The molecule has 35 heavy (non-hydrogen) atoms. The minimum Gasteiger partial charge on any atom is -0.503 e. The zero-order valence-corrected chi connectivity index (χ0v) is 20.9. The molecule has 1 N–H and O–H groups in total. The van der Waals surface area contributed by atoms with Crippen LogP contribution in [0.5, 0.6) is 17.2 Å². The van der Waals surface area contributed by atoms with Gasteiger partial charge in [0, 0.05) is 24.8 Å². The Morgan fingerprint density at radius 3 is 2.37 bits per heavy atom. The van der Waals surface area contributed by atoms with E-state index in [9.17, 15) is 23.5 Å². The van der Waals surface area contributed by atoms with Crippen molar-refractivity contribution < 1.29 is 37.7 Å². The monoisotopic (exact) mass is 493 g/mol. The predicted octanol–water partition coefficient (Wildman–Crippen LogP) is 5.34. The zero-order chi connectivity index (χ0) is 26.3. The number of Topliss-reactive ketones (excluding diaryl/α,β-unsaturated/α-hetero) is 1. The minimum absolute atomic E-state index is 0.0983. The number of ketones is 1. The Morgan fingerprint density at radius 1 is 1.09 bits per heavy atom. The van der Waals surface area contributed by atoms with Crippen molar-refractivity contribution in [2.75, 3.05) is 7.11 Å². The fraction of sp³-hybridized carbons (Fsp3) is 0.500. The molecule has 0 unspecified atom stereocenters. The van der Waals surface area contributed by atoms with Crippen LogP contribution in [0.15, 0.2) is 30.5 Å². The molecule has 0 saturated heterocycles. The van der Waals surface area contributed by atoms with Gasteiger partial charge in [0.25, 0.3) is 0 Å². The normalized spacial score (nSPS) is 14.7. The maximum atomic E-state index is 14.1. The van der Waals surface area contributed by atoms with Gasteiger partial charge in [0.1, 0.15) is 18.0 Å². The molecule has 192 valence electrons. The van der Waals surface area contributed by atoms with Crippen LogP contribution in [0.3, 0.4) is 0 Å². The molecule has 0 spiro atoms. The van der Waals surface area contributed by atoms with Crippen molar-refractivity contribution in [3.05, 3.63) is 47.8 Å². The number of halogens is 2. The molecule has 1 aromatic carbocycles. The van der Waals surface area contributed by atoms with Crippen molar-refractivity contribution in [2.45, 2.75) is 59.7 Å². The molecule has 2 aromatic rings. The molecule has 0 fully saturated rings. The van der Waals surface area contributed by atoms with Gasteiger partial charge in [-0.05, 0) is 30.9 Å². The lowest BCUT2D eigenvalue weighted by Gasteiger charge is -2.30. The van der Waals surface area contributed by atoms with Crippen LogP contribution in [0.4, 0.5) is 8.78 Å². The molecule has 0 aliphatic heterocycles. The second kappa shape index (κ2) is 12.5. The molecule has 0 bridgehead atoms. The van der Waals surface area contributed by atoms with Crippen LogP contribution in [0.1, 0.15) is 57.9 Å². The number of esters is 1. The molecule has 0 aliphatic carbocycles. The number of carbonyl (C=O) groups excluding carboxylic acids is 2. The van der Waals surface area contributed by atoms with E-state index >= 15 is 0 Å². The Kier molecular flexibility index (Phi) is 9.98. The third-order valence-electron chi connectivity index (χ3n) is 5.99. The summed E-state index contributed by atoms with van der Waals surface area (Å²) in [6, 6.07) is 4.30. The highest BCUT2D eigenvalue weighted by Gasteiger charge is 2.34. The third kappa shape index (κ3) is 7.13. The smallest absolute Gasteiger partial charge is 0.310 e. The molecule has 0 radical (unpaired) electrons. The summed E-state index contributed by atoms with van der Waals surface area (Å²) in [7, 11) is 1.35. The van der Waals surface area contributed by atoms with Gasteiger partial charge in [-0.3, -0.25) is 9.59 Å². The number of carbonyl (C=O) groups is 2. The van der Waals surface area contributed by atoms with Gasteiger partial charge in [-0.15, -0.1) is 0 Å². The first kappa shape index (κ1) is 28.0. The van der Waals surface area contributed by atoms with E-state index in [1.54, 1.807) is 20.8 Å². The molecule has 2 rings (SSSR count). The van der Waals surface area contributed by atoms with Crippen molar-refractivity contribution in [3.63, 3.8) is 0 Å². The molecule has 7 nitrogen and oxygen atoms in total. The van der Waals surface area contributed by atoms with Gasteiger partial charge in [-0.1, -0.05) is 34.1 Å². The van der Waals surface area contributed by atoms with Gasteiger partial charge in [-0.25, -0.2) is 13.8 Å². The SMILES string of the molecule is CC[C@H](C)[C@H](CC(=O)c1nccc(OC)c1O)C(=O)O[C@@H](C)[C@H](Oc1cc(F)ccc1F)C(C)C. The van der Waals surface area contributed by atoms with Crippen LogP contribution >= 0.6 is 0 Å². The summed E-state index contributed by atoms with van der Waals surface area (Å²) in [5.41, 5.74) is -0.191. The van der Waals surface area contributed by atoms with Crippen molar-refractivity contribution in [1.82, 2.24) is 4.98 Å². The van der Waals surface area contributed by atoms with Crippen LogP contribution in [-0.2, 0) is 9.53 Å². The summed E-state index contributed by atoms with van der Waals surface area (Å²) in [5, 5.41) is 10.3. The highest BCUT2D eigenvalue weighted by molar-refractivity contribution is 5.99. The molecular weight excluding hydrogens is 460 g/mol. The zero-order valence-electron chi connectivity index (χ0n) is 20.9. The standard InChI is InChI=1S/C26H33F2NO6/c1-7-15(4)18(13-20(30)23-24(31)21(33-6)10-11-29-23)26(32)34-16(5)25(14(2)3)35-22-12-17(27)8-9-19(22)28/h8-12,14-16,18,25,31H,7,13H2,1-6H3/t15-,16-,18-,25+/m0/s1. The lowest BCUT2D eigenvalue weighted by atomic mass is 9.86. The van der Waals surface area contributed by atoms with E-state index in [4.69, 9.17) is 14.2 Å². The Bertz CT molecular complexity index is 1030. The van der Waals surface area contributed by atoms with E-state index in [1.165, 1.54) is 19.4 Å². The first-order chi connectivity index (χ1) is 16.5. The van der Waals surface area contributed by atoms with Crippen LogP contribution in [0.2, 0.25) is 0 Å². The fourth-order valence-corrected chi connectivity index (χ4v) is 3.73. The van der Waals surface area contributed by atoms with Crippen LogP contribution < -0.4 is 9.47 Å². The summed E-state index contributed by atoms with van der Waals surface area (Å²) in [4.78, 5) is 30.0. The molecule has 1 heterocycles. The quantitative estimate of drug-likeness (QED) is 0.315. The number of methoxy groups -OCH3 is 1. The highest BCUT2D eigenvalue weighted by Crippen LogP contribution is 2.31. The second-order valence-corrected chi connectivity index (χ2v) is 8.87. The van der Waals surface area contributed by atoms with E-state index in [0.717, 1.165) is 18.2 Å². The average molecular weight is 494 g/mol. The van der Waals surface area contributed by atoms with Crippen molar-refractivity contribution in [1.29, 1.82) is 0 Å². The number of pyridine rings is 1. The number of rotatable bonds is 12. The van der Waals surface area contributed by atoms with Gasteiger partial charge >= 0.3 is 5.97 Å². The van der Waals surface area contributed by atoms with Gasteiger partial charge < -0.3 is 19.3 Å². The number of nitrogens with zero attached hydrogens (tertiary/aromatic N) is 1. The number of benzene rings is 1. The van der Waals surface area contributed by atoms with Crippen molar-refractivity contribution >= 4 is 11.8 Å². The average Bonchev–Trinajstić information content (AvgIpc) is 2.81. The maximum Gasteiger partial charge on any atom is 0.310 e.